The summed E-state index contributed by atoms with van der Waals surface area (Å²) in [6.45, 7) is 8.98. The molecule has 0 radical (unpaired) electrons. The Kier molecular flexibility index (Phi) is 7.06. The van der Waals surface area contributed by atoms with Crippen LogP contribution in [0.3, 0.4) is 0 Å². The molecule has 1 saturated heterocycles. The van der Waals surface area contributed by atoms with Gasteiger partial charge in [0.15, 0.2) is 0 Å². The van der Waals surface area contributed by atoms with E-state index in [-0.39, 0.29) is 11.9 Å². The van der Waals surface area contributed by atoms with Crippen LogP contribution in [0.4, 0.5) is 0 Å². The number of likely N-dealkylation sites (N-methyl/N-ethyl adjacent to an activating group) is 1. The van der Waals surface area contributed by atoms with E-state index in [9.17, 15) is 4.79 Å². The number of likely N-dealkylation sites (tertiary alicyclic amines) is 1. The number of nitrogens with zero attached hydrogens (tertiary/aromatic N) is 2. The Balaban J connectivity index is 2.02. The molecule has 0 saturated carbocycles. The van der Waals surface area contributed by atoms with E-state index >= 15 is 0 Å². The van der Waals surface area contributed by atoms with Crippen LogP contribution in [0, 0.1) is 5.92 Å². The second-order valence-electron chi connectivity index (χ2n) is 6.46. The average Bonchev–Trinajstić information content (AvgIpc) is 2.61. The Morgan fingerprint density at radius 2 is 1.91 bits per heavy atom. The number of carbonyl (C=O) groups is 1. The molecule has 0 bridgehead atoms. The van der Waals surface area contributed by atoms with Gasteiger partial charge >= 0.3 is 0 Å². The van der Waals surface area contributed by atoms with E-state index in [1.807, 2.05) is 25.2 Å². The minimum Gasteiger partial charge on any atom is -0.341 e. The first kappa shape index (κ1) is 18.0. The van der Waals surface area contributed by atoms with Crippen molar-refractivity contribution in [2.75, 3.05) is 39.8 Å². The van der Waals surface area contributed by atoms with Crippen molar-refractivity contribution in [2.45, 2.75) is 32.7 Å². The monoisotopic (exact) mass is 317 g/mol. The number of amides is 1. The van der Waals surface area contributed by atoms with E-state index in [0.29, 0.717) is 5.92 Å². The van der Waals surface area contributed by atoms with Gasteiger partial charge in [0.05, 0.1) is 0 Å². The summed E-state index contributed by atoms with van der Waals surface area (Å²) in [6, 6.07) is 10.00. The lowest BCUT2D eigenvalue weighted by molar-refractivity contribution is -0.138. The average molecular weight is 317 g/mol. The minimum absolute atomic E-state index is 0.161. The third kappa shape index (κ3) is 4.79. The van der Waals surface area contributed by atoms with Crippen LogP contribution in [0.1, 0.15) is 38.3 Å². The van der Waals surface area contributed by atoms with Crippen molar-refractivity contribution in [3.63, 3.8) is 0 Å². The highest BCUT2D eigenvalue weighted by molar-refractivity contribution is 5.83. The molecule has 23 heavy (non-hydrogen) atoms. The summed E-state index contributed by atoms with van der Waals surface area (Å²) >= 11 is 0. The maximum atomic E-state index is 13.1. The van der Waals surface area contributed by atoms with Crippen LogP contribution >= 0.6 is 0 Å². The third-order valence-corrected chi connectivity index (χ3v) is 4.90. The molecule has 0 aromatic heterocycles. The number of hydrogen-bond donors (Lipinski definition) is 1. The highest BCUT2D eigenvalue weighted by Crippen LogP contribution is 2.25. The summed E-state index contributed by atoms with van der Waals surface area (Å²) in [5.41, 5.74) is 1.09. The van der Waals surface area contributed by atoms with Crippen molar-refractivity contribution in [1.29, 1.82) is 0 Å². The quantitative estimate of drug-likeness (QED) is 0.839. The van der Waals surface area contributed by atoms with Gasteiger partial charge in [0.2, 0.25) is 5.91 Å². The summed E-state index contributed by atoms with van der Waals surface area (Å²) in [6.07, 6.45) is 2.21. The number of hydrogen-bond acceptors (Lipinski definition) is 3. The molecule has 1 unspecified atom stereocenters. The molecule has 4 nitrogen and oxygen atoms in total. The van der Waals surface area contributed by atoms with Crippen LogP contribution in [-0.4, -0.2) is 55.5 Å². The fourth-order valence-electron chi connectivity index (χ4n) is 3.28. The summed E-state index contributed by atoms with van der Waals surface area (Å²) in [7, 11) is 2.04. The Labute approximate surface area is 140 Å². The van der Waals surface area contributed by atoms with Gasteiger partial charge in [-0.15, -0.1) is 0 Å². The van der Waals surface area contributed by atoms with Crippen LogP contribution in [0.15, 0.2) is 30.3 Å². The first-order valence-electron chi connectivity index (χ1n) is 8.92. The lowest BCUT2D eigenvalue weighted by Crippen LogP contribution is -2.46. The summed E-state index contributed by atoms with van der Waals surface area (Å²) in [4.78, 5) is 17.3. The van der Waals surface area contributed by atoms with Crippen LogP contribution in [0.5, 0.6) is 0 Å². The molecule has 1 N–H and O–H groups in total. The fraction of sp³-hybridized carbons (Fsp3) is 0.632. The second kappa shape index (κ2) is 9.04. The maximum absolute atomic E-state index is 13.1. The molecule has 1 aliphatic rings. The number of nitrogens with one attached hydrogen (secondary N) is 1. The SMILES string of the molecule is CCNCC1CCN(C(=O)C(c2ccccc2)N(C)CC)CC1. The molecule has 4 heteroatoms. The Hall–Kier alpha value is -1.39. The van der Waals surface area contributed by atoms with Gasteiger partial charge in [-0.3, -0.25) is 9.69 Å². The molecule has 1 amide bonds. The number of carbonyl (C=O) groups excluding carboxylic acids is 1. The topological polar surface area (TPSA) is 35.6 Å². The van der Waals surface area contributed by atoms with E-state index < -0.39 is 0 Å². The van der Waals surface area contributed by atoms with Crippen molar-refractivity contribution in [1.82, 2.24) is 15.1 Å². The summed E-state index contributed by atoms with van der Waals surface area (Å²) < 4.78 is 0. The standard InChI is InChI=1S/C19H31N3O/c1-4-20-15-16-11-13-22(14-12-16)19(23)18(21(3)5-2)17-9-7-6-8-10-17/h6-10,16,18,20H,4-5,11-15H2,1-3H3. The van der Waals surface area contributed by atoms with E-state index in [4.69, 9.17) is 0 Å². The molecule has 1 heterocycles. The number of rotatable bonds is 7. The van der Waals surface area contributed by atoms with Gasteiger partial charge in [0.1, 0.15) is 6.04 Å². The summed E-state index contributed by atoms with van der Waals surface area (Å²) in [5.74, 6) is 0.959. The van der Waals surface area contributed by atoms with Crippen LogP contribution in [0.2, 0.25) is 0 Å². The van der Waals surface area contributed by atoms with Gasteiger partial charge in [-0.05, 0) is 51.0 Å². The van der Waals surface area contributed by atoms with Gasteiger partial charge in [-0.2, -0.15) is 0 Å². The molecule has 1 aromatic carbocycles. The van der Waals surface area contributed by atoms with Gasteiger partial charge in [0.25, 0.3) is 0 Å². The van der Waals surface area contributed by atoms with Crippen molar-refractivity contribution in [2.24, 2.45) is 5.92 Å². The van der Waals surface area contributed by atoms with Crippen molar-refractivity contribution in [3.8, 4) is 0 Å². The first-order chi connectivity index (χ1) is 11.2. The van der Waals surface area contributed by atoms with Gasteiger partial charge < -0.3 is 10.2 Å². The van der Waals surface area contributed by atoms with Gasteiger partial charge in [-0.1, -0.05) is 44.2 Å². The van der Waals surface area contributed by atoms with Crippen LogP contribution in [-0.2, 0) is 4.79 Å². The van der Waals surface area contributed by atoms with E-state index in [1.165, 1.54) is 0 Å². The van der Waals surface area contributed by atoms with Gasteiger partial charge in [0, 0.05) is 13.1 Å². The van der Waals surface area contributed by atoms with Gasteiger partial charge in [-0.25, -0.2) is 0 Å². The maximum Gasteiger partial charge on any atom is 0.244 e. The molecular formula is C19H31N3O. The number of benzene rings is 1. The zero-order valence-electron chi connectivity index (χ0n) is 14.8. The Bertz CT molecular complexity index is 469. The molecule has 1 aliphatic heterocycles. The molecule has 0 spiro atoms. The zero-order chi connectivity index (χ0) is 16.7. The number of piperidine rings is 1. The Morgan fingerprint density at radius 3 is 2.48 bits per heavy atom. The normalized spacial score (nSPS) is 17.5. The molecule has 1 aromatic rings. The van der Waals surface area contributed by atoms with Crippen molar-refractivity contribution >= 4 is 5.91 Å². The highest BCUT2D eigenvalue weighted by Gasteiger charge is 2.31. The fourth-order valence-corrected chi connectivity index (χ4v) is 3.28. The predicted octanol–water partition coefficient (Wildman–Crippen LogP) is 2.53. The smallest absolute Gasteiger partial charge is 0.244 e. The third-order valence-electron chi connectivity index (χ3n) is 4.90. The van der Waals surface area contributed by atoms with E-state index in [2.05, 4.69) is 41.1 Å². The molecule has 1 fully saturated rings. The largest absolute Gasteiger partial charge is 0.341 e. The van der Waals surface area contributed by atoms with E-state index in [0.717, 1.165) is 51.1 Å². The molecule has 1 atom stereocenters. The minimum atomic E-state index is -0.161. The second-order valence-corrected chi connectivity index (χ2v) is 6.46. The summed E-state index contributed by atoms with van der Waals surface area (Å²) in [5, 5.41) is 3.43. The molecule has 2 rings (SSSR count). The zero-order valence-corrected chi connectivity index (χ0v) is 14.8. The van der Waals surface area contributed by atoms with E-state index in [1.54, 1.807) is 0 Å². The van der Waals surface area contributed by atoms with Crippen molar-refractivity contribution < 1.29 is 4.79 Å². The lowest BCUT2D eigenvalue weighted by Gasteiger charge is -2.36. The highest BCUT2D eigenvalue weighted by atomic mass is 16.2. The molecular weight excluding hydrogens is 286 g/mol. The molecule has 128 valence electrons. The van der Waals surface area contributed by atoms with Crippen molar-refractivity contribution in [3.05, 3.63) is 35.9 Å². The first-order valence-corrected chi connectivity index (χ1v) is 8.92. The lowest BCUT2D eigenvalue weighted by atomic mass is 9.95. The van der Waals surface area contributed by atoms with Crippen LogP contribution in [0.25, 0.3) is 0 Å². The Morgan fingerprint density at radius 1 is 1.26 bits per heavy atom. The predicted molar refractivity (Wildman–Crippen MR) is 95.3 cm³/mol. The van der Waals surface area contributed by atoms with Crippen LogP contribution < -0.4 is 5.32 Å². The molecule has 0 aliphatic carbocycles.